The Balaban J connectivity index is 2.14. The van der Waals surface area contributed by atoms with Crippen LogP contribution in [0.5, 0.6) is 0 Å². The van der Waals surface area contributed by atoms with E-state index in [0.29, 0.717) is 12.2 Å². The minimum absolute atomic E-state index is 0.0861. The van der Waals surface area contributed by atoms with Crippen molar-refractivity contribution in [3.63, 3.8) is 0 Å². The first-order valence-corrected chi connectivity index (χ1v) is 5.76. The van der Waals surface area contributed by atoms with E-state index in [-0.39, 0.29) is 5.91 Å². The Morgan fingerprint density at radius 2 is 2.25 bits per heavy atom. The Hall–Kier alpha value is -1.36. The van der Waals surface area contributed by atoms with Gasteiger partial charge in [-0.05, 0) is 26.1 Å². The molecule has 1 aromatic heterocycles. The predicted molar refractivity (Wildman–Crippen MR) is 63.3 cm³/mol. The van der Waals surface area contributed by atoms with E-state index in [4.69, 9.17) is 0 Å². The van der Waals surface area contributed by atoms with Gasteiger partial charge in [0, 0.05) is 6.54 Å². The van der Waals surface area contributed by atoms with Crippen molar-refractivity contribution in [2.75, 3.05) is 26.2 Å². The Labute approximate surface area is 96.3 Å². The molecule has 1 aromatic rings. The standard InChI is InChI=1S/C11H20N4O/c1-3-15(4-2)7-5-6-13-11(16)10-8-12-9-14-10/h8-9H,3-7H2,1-2H3,(H,12,14)(H,13,16). The molecular formula is C11H20N4O. The molecule has 90 valence electrons. The fourth-order valence-corrected chi connectivity index (χ4v) is 1.52. The molecule has 2 N–H and O–H groups in total. The maximum absolute atomic E-state index is 11.5. The lowest BCUT2D eigenvalue weighted by Gasteiger charge is -2.17. The molecule has 0 saturated carbocycles. The zero-order valence-corrected chi connectivity index (χ0v) is 9.99. The molecule has 0 bridgehead atoms. The molecule has 16 heavy (non-hydrogen) atoms. The normalized spacial score (nSPS) is 10.7. The summed E-state index contributed by atoms with van der Waals surface area (Å²) >= 11 is 0. The molecule has 0 spiro atoms. The van der Waals surface area contributed by atoms with E-state index in [0.717, 1.165) is 26.1 Å². The number of nitrogens with one attached hydrogen (secondary N) is 2. The average molecular weight is 224 g/mol. The first kappa shape index (κ1) is 12.7. The molecule has 0 aliphatic rings. The molecule has 1 heterocycles. The van der Waals surface area contributed by atoms with Crippen molar-refractivity contribution in [2.24, 2.45) is 0 Å². The number of aromatic amines is 1. The maximum atomic E-state index is 11.5. The highest BCUT2D eigenvalue weighted by Crippen LogP contribution is 1.92. The van der Waals surface area contributed by atoms with Gasteiger partial charge in [-0.2, -0.15) is 0 Å². The van der Waals surface area contributed by atoms with E-state index in [2.05, 4.69) is 34.0 Å². The lowest BCUT2D eigenvalue weighted by Crippen LogP contribution is -2.30. The van der Waals surface area contributed by atoms with Crippen LogP contribution in [-0.2, 0) is 0 Å². The van der Waals surface area contributed by atoms with Crippen LogP contribution in [0.4, 0.5) is 0 Å². The fraction of sp³-hybridized carbons (Fsp3) is 0.636. The third kappa shape index (κ3) is 4.02. The molecule has 5 nitrogen and oxygen atoms in total. The van der Waals surface area contributed by atoms with E-state index in [1.165, 1.54) is 12.5 Å². The van der Waals surface area contributed by atoms with Crippen molar-refractivity contribution in [3.8, 4) is 0 Å². The van der Waals surface area contributed by atoms with E-state index in [9.17, 15) is 4.79 Å². The monoisotopic (exact) mass is 224 g/mol. The zero-order valence-electron chi connectivity index (χ0n) is 9.99. The third-order valence-electron chi connectivity index (χ3n) is 2.57. The number of carbonyl (C=O) groups is 1. The second kappa shape index (κ2) is 7.00. The molecule has 0 fully saturated rings. The van der Waals surface area contributed by atoms with Gasteiger partial charge < -0.3 is 15.2 Å². The Bertz CT molecular complexity index is 293. The molecule has 0 aliphatic carbocycles. The molecule has 1 amide bonds. The Morgan fingerprint density at radius 3 is 2.81 bits per heavy atom. The third-order valence-corrected chi connectivity index (χ3v) is 2.57. The summed E-state index contributed by atoms with van der Waals surface area (Å²) in [6.45, 7) is 8.14. The molecule has 0 atom stereocenters. The number of hydrogen-bond donors (Lipinski definition) is 2. The SMILES string of the molecule is CCN(CC)CCCNC(=O)c1cnc[nH]1. The number of aromatic nitrogens is 2. The molecule has 0 unspecified atom stereocenters. The Morgan fingerprint density at radius 1 is 1.50 bits per heavy atom. The van der Waals surface area contributed by atoms with Gasteiger partial charge >= 0.3 is 0 Å². The lowest BCUT2D eigenvalue weighted by atomic mass is 10.3. The maximum Gasteiger partial charge on any atom is 0.269 e. The Kier molecular flexibility index (Phi) is 5.56. The van der Waals surface area contributed by atoms with Crippen LogP contribution in [-0.4, -0.2) is 47.0 Å². The minimum atomic E-state index is -0.0861. The number of imidazole rings is 1. The smallest absolute Gasteiger partial charge is 0.269 e. The minimum Gasteiger partial charge on any atom is -0.351 e. The first-order chi connectivity index (χ1) is 7.77. The van der Waals surface area contributed by atoms with Gasteiger partial charge in [0.15, 0.2) is 0 Å². The first-order valence-electron chi connectivity index (χ1n) is 5.76. The van der Waals surface area contributed by atoms with Crippen molar-refractivity contribution in [1.82, 2.24) is 20.2 Å². The topological polar surface area (TPSA) is 61.0 Å². The number of hydrogen-bond acceptors (Lipinski definition) is 3. The number of H-pyrrole nitrogens is 1. The highest BCUT2D eigenvalue weighted by molar-refractivity contribution is 5.91. The van der Waals surface area contributed by atoms with Crippen molar-refractivity contribution in [3.05, 3.63) is 18.2 Å². The summed E-state index contributed by atoms with van der Waals surface area (Å²) in [6, 6.07) is 0. The van der Waals surface area contributed by atoms with Crippen LogP contribution in [0.1, 0.15) is 30.8 Å². The zero-order chi connectivity index (χ0) is 11.8. The summed E-state index contributed by atoms with van der Waals surface area (Å²) in [5, 5.41) is 2.85. The molecular weight excluding hydrogens is 204 g/mol. The van der Waals surface area contributed by atoms with Crippen LogP contribution in [0.15, 0.2) is 12.5 Å². The van der Waals surface area contributed by atoms with Gasteiger partial charge in [0.1, 0.15) is 5.69 Å². The van der Waals surface area contributed by atoms with Crippen LogP contribution in [0.3, 0.4) is 0 Å². The van der Waals surface area contributed by atoms with Crippen molar-refractivity contribution in [2.45, 2.75) is 20.3 Å². The van der Waals surface area contributed by atoms with Gasteiger partial charge in [-0.15, -0.1) is 0 Å². The molecule has 0 aromatic carbocycles. The van der Waals surface area contributed by atoms with Crippen LogP contribution in [0.2, 0.25) is 0 Å². The van der Waals surface area contributed by atoms with Gasteiger partial charge in [0.2, 0.25) is 0 Å². The van der Waals surface area contributed by atoms with E-state index in [1.54, 1.807) is 0 Å². The average Bonchev–Trinajstić information content (AvgIpc) is 2.82. The summed E-state index contributed by atoms with van der Waals surface area (Å²) in [5.41, 5.74) is 0.517. The van der Waals surface area contributed by atoms with Crippen LogP contribution in [0.25, 0.3) is 0 Å². The van der Waals surface area contributed by atoms with E-state index >= 15 is 0 Å². The molecule has 0 aliphatic heterocycles. The molecule has 1 rings (SSSR count). The van der Waals surface area contributed by atoms with Crippen molar-refractivity contribution < 1.29 is 4.79 Å². The molecule has 0 radical (unpaired) electrons. The van der Waals surface area contributed by atoms with Crippen LogP contribution >= 0.6 is 0 Å². The number of rotatable bonds is 7. The van der Waals surface area contributed by atoms with Crippen molar-refractivity contribution in [1.29, 1.82) is 0 Å². The van der Waals surface area contributed by atoms with Crippen LogP contribution in [0, 0.1) is 0 Å². The summed E-state index contributed by atoms with van der Waals surface area (Å²) in [6.07, 6.45) is 4.01. The second-order valence-corrected chi connectivity index (χ2v) is 3.60. The van der Waals surface area contributed by atoms with Gasteiger partial charge in [0.25, 0.3) is 5.91 Å². The fourth-order valence-electron chi connectivity index (χ4n) is 1.52. The molecule has 5 heteroatoms. The number of carbonyl (C=O) groups excluding carboxylic acids is 1. The lowest BCUT2D eigenvalue weighted by molar-refractivity contribution is 0.0947. The highest BCUT2D eigenvalue weighted by Gasteiger charge is 2.05. The highest BCUT2D eigenvalue weighted by atomic mass is 16.1. The summed E-state index contributed by atoms with van der Waals surface area (Å²) in [5.74, 6) is -0.0861. The second-order valence-electron chi connectivity index (χ2n) is 3.60. The summed E-state index contributed by atoms with van der Waals surface area (Å²) in [4.78, 5) is 20.4. The number of amides is 1. The van der Waals surface area contributed by atoms with E-state index < -0.39 is 0 Å². The summed E-state index contributed by atoms with van der Waals surface area (Å²) in [7, 11) is 0. The van der Waals surface area contributed by atoms with Gasteiger partial charge in [-0.1, -0.05) is 13.8 Å². The van der Waals surface area contributed by atoms with Crippen LogP contribution < -0.4 is 5.32 Å². The quantitative estimate of drug-likeness (QED) is 0.676. The predicted octanol–water partition coefficient (Wildman–Crippen LogP) is 0.871. The number of nitrogens with zero attached hydrogens (tertiary/aromatic N) is 2. The van der Waals surface area contributed by atoms with Gasteiger partial charge in [0.05, 0.1) is 12.5 Å². The van der Waals surface area contributed by atoms with Gasteiger partial charge in [-0.3, -0.25) is 4.79 Å². The largest absolute Gasteiger partial charge is 0.351 e. The van der Waals surface area contributed by atoms with Gasteiger partial charge in [-0.25, -0.2) is 4.98 Å². The summed E-state index contributed by atoms with van der Waals surface area (Å²) < 4.78 is 0. The van der Waals surface area contributed by atoms with Crippen molar-refractivity contribution >= 4 is 5.91 Å². The molecule has 0 saturated heterocycles. The van der Waals surface area contributed by atoms with E-state index in [1.807, 2.05) is 0 Å².